The fourth-order valence-electron chi connectivity index (χ4n) is 9.76. The summed E-state index contributed by atoms with van der Waals surface area (Å²) >= 11 is 5.87. The molecule has 3 atom stereocenters. The molecule has 49 heavy (non-hydrogen) atoms. The standard InChI is InChI=1S/C42H54ClNO5/c1-41(2,17-7-5-6-8-18-43)29-24-35(46)37-31-21-26(13-15-33(31)42(3,4)49-36(37)25-29)14-16-34(45)32-23-28-22-27-11-9-19-44-20-10-12-30(38(27)44)39(28)48-40(32)47/h22-26,31,33,46H,5-21H2,1-4H3/t26-,31+,33+/m0/s1. The van der Waals surface area contributed by atoms with Crippen LogP contribution in [0.3, 0.4) is 0 Å². The number of phenolic OH excluding ortho intramolecular Hbond substituents is 1. The first-order valence-corrected chi connectivity index (χ1v) is 19.5. The van der Waals surface area contributed by atoms with Gasteiger partial charge in [0.2, 0.25) is 0 Å². The smallest absolute Gasteiger partial charge is 0.347 e. The molecule has 7 heteroatoms. The number of unbranched alkanes of at least 4 members (excludes halogenated alkanes) is 3. The Morgan fingerprint density at radius 1 is 1.04 bits per heavy atom. The van der Waals surface area contributed by atoms with Crippen LogP contribution in [0.2, 0.25) is 0 Å². The molecule has 2 aromatic carbocycles. The molecule has 1 N–H and O–H groups in total. The lowest BCUT2D eigenvalue weighted by Crippen LogP contribution is -2.47. The predicted molar refractivity (Wildman–Crippen MR) is 198 cm³/mol. The van der Waals surface area contributed by atoms with E-state index in [4.69, 9.17) is 20.8 Å². The molecule has 1 saturated carbocycles. The predicted octanol–water partition coefficient (Wildman–Crippen LogP) is 10.00. The number of nitrogens with zero attached hydrogens (tertiary/aromatic N) is 1. The average Bonchev–Trinajstić information content (AvgIpc) is 3.06. The van der Waals surface area contributed by atoms with E-state index in [1.165, 1.54) is 11.3 Å². The van der Waals surface area contributed by atoms with Crippen LogP contribution in [0.25, 0.3) is 11.0 Å². The maximum absolute atomic E-state index is 13.6. The van der Waals surface area contributed by atoms with Gasteiger partial charge in [0.1, 0.15) is 28.2 Å². The summed E-state index contributed by atoms with van der Waals surface area (Å²) in [7, 11) is 0. The van der Waals surface area contributed by atoms with Crippen LogP contribution < -0.4 is 15.3 Å². The third-order valence-corrected chi connectivity index (χ3v) is 12.7. The minimum atomic E-state index is -0.510. The number of aromatic hydroxyl groups is 1. The van der Waals surface area contributed by atoms with Crippen LogP contribution in [-0.4, -0.2) is 35.5 Å². The Kier molecular flexibility index (Phi) is 9.58. The van der Waals surface area contributed by atoms with Crippen LogP contribution in [0.5, 0.6) is 11.5 Å². The van der Waals surface area contributed by atoms with Crippen molar-refractivity contribution in [3.63, 3.8) is 0 Å². The highest BCUT2D eigenvalue weighted by atomic mass is 35.5. The van der Waals surface area contributed by atoms with E-state index in [-0.39, 0.29) is 34.2 Å². The molecule has 1 fully saturated rings. The Morgan fingerprint density at radius 2 is 1.82 bits per heavy atom. The van der Waals surface area contributed by atoms with Crippen molar-refractivity contribution in [3.05, 3.63) is 62.5 Å². The van der Waals surface area contributed by atoms with E-state index in [0.717, 1.165) is 130 Å². The molecule has 0 saturated heterocycles. The number of Topliss-reactive ketones (excluding diaryl/α,β-unsaturated/α-hetero) is 1. The van der Waals surface area contributed by atoms with Crippen LogP contribution in [0.1, 0.15) is 143 Å². The Labute approximate surface area is 296 Å². The van der Waals surface area contributed by atoms with Gasteiger partial charge in [-0.25, -0.2) is 4.79 Å². The molecule has 264 valence electrons. The summed E-state index contributed by atoms with van der Waals surface area (Å²) in [5, 5.41) is 12.4. The van der Waals surface area contributed by atoms with Gasteiger partial charge in [-0.1, -0.05) is 33.1 Å². The summed E-state index contributed by atoms with van der Waals surface area (Å²) < 4.78 is 12.6. The number of carbonyl (C=O) groups excluding carboxylic acids is 1. The maximum Gasteiger partial charge on any atom is 0.347 e. The van der Waals surface area contributed by atoms with Gasteiger partial charge in [-0.2, -0.15) is 0 Å². The summed E-state index contributed by atoms with van der Waals surface area (Å²) in [4.78, 5) is 29.3. The van der Waals surface area contributed by atoms with Gasteiger partial charge in [0.15, 0.2) is 5.78 Å². The van der Waals surface area contributed by atoms with Crippen molar-refractivity contribution in [3.8, 4) is 11.5 Å². The summed E-state index contributed by atoms with van der Waals surface area (Å²) in [5.74, 6) is 2.51. The van der Waals surface area contributed by atoms with Crippen molar-refractivity contribution in [1.29, 1.82) is 0 Å². The molecule has 0 spiro atoms. The van der Waals surface area contributed by atoms with E-state index in [0.29, 0.717) is 23.7 Å². The number of anilines is 1. The number of alkyl halides is 1. The van der Waals surface area contributed by atoms with Crippen molar-refractivity contribution >= 4 is 34.0 Å². The van der Waals surface area contributed by atoms with E-state index in [9.17, 15) is 14.7 Å². The van der Waals surface area contributed by atoms with Gasteiger partial charge in [-0.3, -0.25) is 4.79 Å². The molecule has 1 aliphatic carbocycles. The lowest BCUT2D eigenvalue weighted by Gasteiger charge is -2.49. The highest BCUT2D eigenvalue weighted by Gasteiger charge is 2.48. The molecule has 0 unspecified atom stereocenters. The first-order valence-electron chi connectivity index (χ1n) is 19.0. The molecule has 0 amide bonds. The highest BCUT2D eigenvalue weighted by Crippen LogP contribution is 2.56. The number of rotatable bonds is 11. The summed E-state index contributed by atoms with van der Waals surface area (Å²) in [6.07, 6.45) is 13.6. The van der Waals surface area contributed by atoms with Crippen molar-refractivity contribution < 1.29 is 19.1 Å². The lowest BCUT2D eigenvalue weighted by atomic mass is 9.63. The monoisotopic (exact) mass is 687 g/mol. The molecular weight excluding hydrogens is 634 g/mol. The third kappa shape index (κ3) is 6.64. The second-order valence-electron chi connectivity index (χ2n) is 16.6. The van der Waals surface area contributed by atoms with Crippen LogP contribution >= 0.6 is 11.6 Å². The minimum Gasteiger partial charge on any atom is -0.508 e. The van der Waals surface area contributed by atoms with E-state index in [1.807, 2.05) is 6.07 Å². The average molecular weight is 688 g/mol. The second kappa shape index (κ2) is 13.6. The van der Waals surface area contributed by atoms with Crippen molar-refractivity contribution in [2.45, 2.75) is 135 Å². The number of phenols is 1. The van der Waals surface area contributed by atoms with E-state index < -0.39 is 5.63 Å². The van der Waals surface area contributed by atoms with Crippen molar-refractivity contribution in [2.24, 2.45) is 11.8 Å². The van der Waals surface area contributed by atoms with Crippen molar-refractivity contribution in [2.75, 3.05) is 23.9 Å². The number of hydrogen-bond donors (Lipinski definition) is 1. The van der Waals surface area contributed by atoms with Gasteiger partial charge < -0.3 is 19.2 Å². The van der Waals surface area contributed by atoms with E-state index in [2.05, 4.69) is 44.7 Å². The number of fused-ring (bicyclic) bond motifs is 5. The van der Waals surface area contributed by atoms with E-state index >= 15 is 0 Å². The lowest BCUT2D eigenvalue weighted by molar-refractivity contribution is -0.0169. The third-order valence-electron chi connectivity index (χ3n) is 12.5. The fraction of sp³-hybridized carbons (Fsp3) is 0.619. The summed E-state index contributed by atoms with van der Waals surface area (Å²) in [6, 6.07) is 8.12. The fourth-order valence-corrected chi connectivity index (χ4v) is 9.95. The van der Waals surface area contributed by atoms with Crippen LogP contribution in [0.15, 0.2) is 33.5 Å². The van der Waals surface area contributed by atoms with Crippen molar-refractivity contribution in [1.82, 2.24) is 0 Å². The number of aryl methyl sites for hydroxylation is 2. The molecule has 6 nitrogen and oxygen atoms in total. The highest BCUT2D eigenvalue weighted by molar-refractivity contribution is 6.17. The quantitative estimate of drug-likeness (QED) is 0.0935. The molecule has 7 rings (SSSR count). The Balaban J connectivity index is 1.07. The number of carbonyl (C=O) groups is 1. The van der Waals surface area contributed by atoms with Gasteiger partial charge in [-0.05, 0) is 131 Å². The topological polar surface area (TPSA) is 80.0 Å². The largest absolute Gasteiger partial charge is 0.508 e. The SMILES string of the molecule is CC(C)(CCCCCCCl)c1cc(O)c2c(c1)OC(C)(C)[C@@H]1CC[C@@H](CCC(=O)c3cc4cc5c6c(c4oc3=O)CCCN6CCC5)C[C@@H]21. The van der Waals surface area contributed by atoms with Gasteiger partial charge in [-0.15, -0.1) is 11.6 Å². The normalized spacial score (nSPS) is 22.6. The Morgan fingerprint density at radius 3 is 2.61 bits per heavy atom. The summed E-state index contributed by atoms with van der Waals surface area (Å²) in [5.41, 5.74) is 5.67. The number of hydrogen-bond acceptors (Lipinski definition) is 6. The van der Waals surface area contributed by atoms with Crippen LogP contribution in [0.4, 0.5) is 5.69 Å². The second-order valence-corrected chi connectivity index (χ2v) is 17.0. The van der Waals surface area contributed by atoms with Crippen LogP contribution in [-0.2, 0) is 18.3 Å². The first kappa shape index (κ1) is 34.5. The number of ketones is 1. The molecule has 3 aliphatic heterocycles. The van der Waals surface area contributed by atoms with Gasteiger partial charge in [0.25, 0.3) is 0 Å². The molecule has 0 bridgehead atoms. The number of benzene rings is 2. The number of ether oxygens (including phenoxy) is 1. The molecule has 0 radical (unpaired) electrons. The molecule has 3 aromatic rings. The molecule has 4 heterocycles. The molecule has 4 aliphatic rings. The van der Waals surface area contributed by atoms with Crippen LogP contribution in [0, 0.1) is 11.8 Å². The van der Waals surface area contributed by atoms with Gasteiger partial charge in [0, 0.05) is 53.5 Å². The van der Waals surface area contributed by atoms with Gasteiger partial charge >= 0.3 is 5.63 Å². The van der Waals surface area contributed by atoms with E-state index in [1.54, 1.807) is 6.07 Å². The van der Waals surface area contributed by atoms with Gasteiger partial charge in [0.05, 0.1) is 0 Å². The Hall–Kier alpha value is -2.99. The zero-order valence-corrected chi connectivity index (χ0v) is 30.7. The minimum absolute atomic E-state index is 0.0838. The zero-order valence-electron chi connectivity index (χ0n) is 30.0. The number of halogens is 1. The maximum atomic E-state index is 13.6. The molecular formula is C42H54ClNO5. The molecule has 1 aromatic heterocycles. The summed E-state index contributed by atoms with van der Waals surface area (Å²) in [6.45, 7) is 11.0. The first-order chi connectivity index (χ1) is 23.5. The zero-order chi connectivity index (χ0) is 34.5. The Bertz CT molecular complexity index is 1790.